The van der Waals surface area contributed by atoms with Crippen molar-refractivity contribution in [1.29, 1.82) is 0 Å². The van der Waals surface area contributed by atoms with Gasteiger partial charge in [0.1, 0.15) is 5.82 Å². The van der Waals surface area contributed by atoms with Crippen molar-refractivity contribution in [2.45, 2.75) is 25.6 Å². The smallest absolute Gasteiger partial charge is 0.229 e. The van der Waals surface area contributed by atoms with Crippen LogP contribution in [0.3, 0.4) is 0 Å². The van der Waals surface area contributed by atoms with Gasteiger partial charge in [0.05, 0.1) is 16.8 Å². The molecule has 2 aromatic heterocycles. The Morgan fingerprint density at radius 2 is 1.82 bits per heavy atom. The monoisotopic (exact) mass is 480 g/mol. The Morgan fingerprint density at radius 3 is 2.50 bits per heavy atom. The number of nitrogens with one attached hydrogen (secondary N) is 2. The van der Waals surface area contributed by atoms with Crippen LogP contribution in [0.4, 0.5) is 29.1 Å². The third kappa shape index (κ3) is 5.43. The summed E-state index contributed by atoms with van der Waals surface area (Å²) in [4.78, 5) is 15.6. The number of benzene rings is 2. The fraction of sp³-hybridized carbons (Fsp3) is 0.261. The zero-order valence-electron chi connectivity index (χ0n) is 19.5. The van der Waals surface area contributed by atoms with Crippen LogP contribution in [0.2, 0.25) is 0 Å². The van der Waals surface area contributed by atoms with Gasteiger partial charge in [-0.3, -0.25) is 0 Å². The first-order chi connectivity index (χ1) is 16.1. The van der Waals surface area contributed by atoms with Crippen LogP contribution in [0.1, 0.15) is 19.4 Å². The molecule has 34 heavy (non-hydrogen) atoms. The molecular formula is C23H28N8O2S. The molecule has 0 atom stereocenters. The van der Waals surface area contributed by atoms with Crippen molar-refractivity contribution in [3.63, 3.8) is 0 Å². The number of nitrogens with zero attached hydrogens (tertiary/aromatic N) is 5. The topological polar surface area (TPSA) is 131 Å². The fourth-order valence-electron chi connectivity index (χ4n) is 3.56. The van der Waals surface area contributed by atoms with Crippen LogP contribution in [-0.4, -0.2) is 41.0 Å². The number of nitrogens with two attached hydrogens (primary N) is 1. The highest BCUT2D eigenvalue weighted by Gasteiger charge is 2.13. The molecule has 4 aromatic rings. The van der Waals surface area contributed by atoms with Crippen molar-refractivity contribution in [2.75, 3.05) is 22.6 Å². The molecule has 0 fully saturated rings. The number of fused-ring (bicyclic) bond motifs is 1. The maximum absolute atomic E-state index is 11.3. The van der Waals surface area contributed by atoms with E-state index < -0.39 is 10.0 Å². The van der Waals surface area contributed by atoms with E-state index in [0.717, 1.165) is 28.4 Å². The molecule has 0 saturated heterocycles. The molecule has 0 aliphatic carbocycles. The maximum Gasteiger partial charge on any atom is 0.229 e. The number of aromatic nitrogens is 4. The molecule has 178 valence electrons. The van der Waals surface area contributed by atoms with Gasteiger partial charge in [0, 0.05) is 37.7 Å². The van der Waals surface area contributed by atoms with Crippen molar-refractivity contribution in [3.8, 4) is 0 Å². The standard InChI is InChI=1S/C23H28N8O2S/c1-15(2)26-23-28-19-13-18(9-10-20(19)31(23)4)30(3)21-11-12-25-22(29-21)27-17-7-5-16(6-8-17)14-34(24,32)33/h5-13,15H,14H2,1-4H3,(H,26,28)(H2,24,32,33)(H,25,27,29). The molecule has 0 radical (unpaired) electrons. The minimum atomic E-state index is -3.57. The molecule has 10 nitrogen and oxygen atoms in total. The third-order valence-electron chi connectivity index (χ3n) is 5.23. The van der Waals surface area contributed by atoms with Crippen molar-refractivity contribution < 1.29 is 8.42 Å². The Kier molecular flexibility index (Phi) is 6.40. The van der Waals surface area contributed by atoms with Gasteiger partial charge >= 0.3 is 0 Å². The van der Waals surface area contributed by atoms with Gasteiger partial charge < -0.3 is 20.1 Å². The molecule has 0 amide bonds. The number of aryl methyl sites for hydroxylation is 1. The Hall–Kier alpha value is -3.70. The van der Waals surface area contributed by atoms with Crippen molar-refractivity contribution in [2.24, 2.45) is 12.2 Å². The largest absolute Gasteiger partial charge is 0.353 e. The number of hydrogen-bond donors (Lipinski definition) is 3. The van der Waals surface area contributed by atoms with Gasteiger partial charge in [-0.15, -0.1) is 0 Å². The molecule has 2 aromatic carbocycles. The maximum atomic E-state index is 11.3. The zero-order valence-corrected chi connectivity index (χ0v) is 20.3. The lowest BCUT2D eigenvalue weighted by molar-refractivity contribution is 0.597. The van der Waals surface area contributed by atoms with E-state index in [0.29, 0.717) is 17.3 Å². The van der Waals surface area contributed by atoms with Gasteiger partial charge in [-0.2, -0.15) is 4.98 Å². The number of anilines is 5. The van der Waals surface area contributed by atoms with Crippen molar-refractivity contribution in [1.82, 2.24) is 19.5 Å². The summed E-state index contributed by atoms with van der Waals surface area (Å²) in [6, 6.07) is 15.1. The van der Waals surface area contributed by atoms with Crippen molar-refractivity contribution in [3.05, 3.63) is 60.3 Å². The van der Waals surface area contributed by atoms with Crippen LogP contribution in [0.15, 0.2) is 54.7 Å². The molecule has 11 heteroatoms. The second-order valence-corrected chi connectivity index (χ2v) is 10.0. The first-order valence-electron chi connectivity index (χ1n) is 10.8. The van der Waals surface area contributed by atoms with Gasteiger partial charge in [0.15, 0.2) is 0 Å². The summed E-state index contributed by atoms with van der Waals surface area (Å²) in [7, 11) is 0.359. The minimum Gasteiger partial charge on any atom is -0.353 e. The first kappa shape index (κ1) is 23.5. The average Bonchev–Trinajstić information content (AvgIpc) is 3.08. The molecule has 0 aliphatic rings. The lowest BCUT2D eigenvalue weighted by Gasteiger charge is -2.19. The van der Waals surface area contributed by atoms with Gasteiger partial charge in [0.25, 0.3) is 0 Å². The number of rotatable bonds is 8. The Bertz CT molecular complexity index is 1410. The molecule has 0 unspecified atom stereocenters. The fourth-order valence-corrected chi connectivity index (χ4v) is 4.22. The summed E-state index contributed by atoms with van der Waals surface area (Å²) in [5.41, 5.74) is 4.22. The van der Waals surface area contributed by atoms with Gasteiger partial charge in [0.2, 0.25) is 21.9 Å². The SMILES string of the molecule is CC(C)Nc1nc2cc(N(C)c3ccnc(Nc4ccc(CS(N)(=O)=O)cc4)n3)ccc2n1C. The van der Waals surface area contributed by atoms with Crippen LogP contribution in [0.25, 0.3) is 11.0 Å². The van der Waals surface area contributed by atoms with E-state index in [-0.39, 0.29) is 11.8 Å². The van der Waals surface area contributed by atoms with Crippen LogP contribution in [-0.2, 0) is 22.8 Å². The molecular weight excluding hydrogens is 452 g/mol. The van der Waals surface area contributed by atoms with E-state index >= 15 is 0 Å². The summed E-state index contributed by atoms with van der Waals surface area (Å²) in [6.45, 7) is 4.16. The molecule has 0 aliphatic heterocycles. The molecule has 4 rings (SSSR count). The number of primary sulfonamides is 1. The predicted octanol–water partition coefficient (Wildman–Crippen LogP) is 3.48. The van der Waals surface area contributed by atoms with Gasteiger partial charge in [-0.25, -0.2) is 23.5 Å². The van der Waals surface area contributed by atoms with Gasteiger partial charge in [-0.1, -0.05) is 12.1 Å². The Balaban J connectivity index is 1.53. The molecule has 2 heterocycles. The van der Waals surface area contributed by atoms with E-state index in [1.807, 2.05) is 47.8 Å². The van der Waals surface area contributed by atoms with Crippen LogP contribution in [0.5, 0.6) is 0 Å². The van der Waals surface area contributed by atoms with E-state index in [9.17, 15) is 8.42 Å². The van der Waals surface area contributed by atoms with Crippen LogP contribution < -0.4 is 20.7 Å². The number of sulfonamides is 1. The highest BCUT2D eigenvalue weighted by molar-refractivity contribution is 7.88. The lowest BCUT2D eigenvalue weighted by atomic mass is 10.2. The van der Waals surface area contributed by atoms with Gasteiger partial charge in [-0.05, 0) is 55.8 Å². The predicted molar refractivity (Wildman–Crippen MR) is 136 cm³/mol. The third-order valence-corrected chi connectivity index (χ3v) is 5.97. The second-order valence-electron chi connectivity index (χ2n) is 8.39. The normalized spacial score (nSPS) is 11.7. The van der Waals surface area contributed by atoms with Crippen LogP contribution in [0, 0.1) is 0 Å². The lowest BCUT2D eigenvalue weighted by Crippen LogP contribution is -2.14. The van der Waals surface area contributed by atoms with E-state index in [1.54, 1.807) is 30.5 Å². The molecule has 0 saturated carbocycles. The highest BCUT2D eigenvalue weighted by Crippen LogP contribution is 2.28. The minimum absolute atomic E-state index is 0.209. The Labute approximate surface area is 198 Å². The average molecular weight is 481 g/mol. The highest BCUT2D eigenvalue weighted by atomic mass is 32.2. The summed E-state index contributed by atoms with van der Waals surface area (Å²) >= 11 is 0. The molecule has 0 bridgehead atoms. The van der Waals surface area contributed by atoms with E-state index in [4.69, 9.17) is 10.1 Å². The zero-order chi connectivity index (χ0) is 24.5. The number of imidazole rings is 1. The molecule has 0 spiro atoms. The Morgan fingerprint density at radius 1 is 1.09 bits per heavy atom. The van der Waals surface area contributed by atoms with E-state index in [1.165, 1.54) is 0 Å². The summed E-state index contributed by atoms with van der Waals surface area (Å²) in [5.74, 6) is 1.75. The first-order valence-corrected chi connectivity index (χ1v) is 12.5. The molecule has 4 N–H and O–H groups in total. The van der Waals surface area contributed by atoms with E-state index in [2.05, 4.69) is 34.4 Å². The summed E-state index contributed by atoms with van der Waals surface area (Å²) < 4.78 is 24.6. The van der Waals surface area contributed by atoms with Crippen LogP contribution >= 0.6 is 0 Å². The number of hydrogen-bond acceptors (Lipinski definition) is 8. The summed E-state index contributed by atoms with van der Waals surface area (Å²) in [6.07, 6.45) is 1.68. The quantitative estimate of drug-likeness (QED) is 0.349. The second kappa shape index (κ2) is 9.27. The van der Waals surface area contributed by atoms with Crippen molar-refractivity contribution >= 4 is 50.1 Å². The summed E-state index contributed by atoms with van der Waals surface area (Å²) in [5, 5.41) is 11.6.